The Morgan fingerprint density at radius 2 is 2.25 bits per heavy atom. The van der Waals surface area contributed by atoms with Crippen LogP contribution in [0.25, 0.3) is 0 Å². The standard InChI is InChI=1S/C11H18O/c1-5-11(6-2)9-7-8-10(3)12-4/h5-8,10H,1,9H2,2-4H3/b8-7-,11-6+. The van der Waals surface area contributed by atoms with Crippen LogP contribution < -0.4 is 0 Å². The maximum atomic E-state index is 5.07. The Morgan fingerprint density at radius 3 is 2.67 bits per heavy atom. The van der Waals surface area contributed by atoms with E-state index in [2.05, 4.69) is 18.7 Å². The molecule has 0 fully saturated rings. The molecular formula is C11H18O. The minimum atomic E-state index is 0.202. The molecule has 1 heteroatoms. The van der Waals surface area contributed by atoms with Gasteiger partial charge in [0.2, 0.25) is 0 Å². The summed E-state index contributed by atoms with van der Waals surface area (Å²) in [6.45, 7) is 7.75. The second-order valence-electron chi connectivity index (χ2n) is 2.64. The van der Waals surface area contributed by atoms with E-state index in [1.54, 1.807) is 7.11 Å². The van der Waals surface area contributed by atoms with Gasteiger partial charge in [-0.05, 0) is 25.8 Å². The monoisotopic (exact) mass is 166 g/mol. The van der Waals surface area contributed by atoms with Gasteiger partial charge in [0.05, 0.1) is 6.10 Å². The van der Waals surface area contributed by atoms with E-state index in [4.69, 9.17) is 4.74 Å². The Hall–Kier alpha value is -0.820. The van der Waals surface area contributed by atoms with Gasteiger partial charge in [-0.2, -0.15) is 0 Å². The molecule has 0 aliphatic rings. The summed E-state index contributed by atoms with van der Waals surface area (Å²) >= 11 is 0. The highest BCUT2D eigenvalue weighted by Gasteiger charge is 1.90. The lowest BCUT2D eigenvalue weighted by Gasteiger charge is -2.01. The molecule has 0 rings (SSSR count). The smallest absolute Gasteiger partial charge is 0.0723 e. The van der Waals surface area contributed by atoms with Gasteiger partial charge in [0.25, 0.3) is 0 Å². The molecule has 1 nitrogen and oxygen atoms in total. The Bertz CT molecular complexity index is 177. The first-order valence-electron chi connectivity index (χ1n) is 4.21. The van der Waals surface area contributed by atoms with Crippen LogP contribution in [-0.2, 0) is 4.74 Å². The lowest BCUT2D eigenvalue weighted by molar-refractivity contribution is 0.156. The highest BCUT2D eigenvalue weighted by atomic mass is 16.5. The predicted molar refractivity (Wildman–Crippen MR) is 54.2 cm³/mol. The van der Waals surface area contributed by atoms with Gasteiger partial charge < -0.3 is 4.74 Å². The lowest BCUT2D eigenvalue weighted by atomic mass is 10.1. The highest BCUT2D eigenvalue weighted by Crippen LogP contribution is 2.03. The fourth-order valence-corrected chi connectivity index (χ4v) is 0.793. The first-order chi connectivity index (χ1) is 5.74. The van der Waals surface area contributed by atoms with E-state index in [0.717, 1.165) is 6.42 Å². The molecule has 0 saturated carbocycles. The molecule has 0 bridgehead atoms. The third kappa shape index (κ3) is 4.91. The van der Waals surface area contributed by atoms with Crippen molar-refractivity contribution in [3.05, 3.63) is 36.5 Å². The Kier molecular flexibility index (Phi) is 6.39. The van der Waals surface area contributed by atoms with Crippen LogP contribution in [0.3, 0.4) is 0 Å². The molecule has 0 aliphatic carbocycles. The minimum absolute atomic E-state index is 0.202. The van der Waals surface area contributed by atoms with E-state index in [1.165, 1.54) is 5.57 Å². The SMILES string of the molecule is C=C/C(=C\C)C/C=C\C(C)OC. The van der Waals surface area contributed by atoms with E-state index in [0.29, 0.717) is 0 Å². The van der Waals surface area contributed by atoms with E-state index in [1.807, 2.05) is 26.0 Å². The van der Waals surface area contributed by atoms with Gasteiger partial charge in [0, 0.05) is 7.11 Å². The van der Waals surface area contributed by atoms with E-state index >= 15 is 0 Å². The third-order valence-electron chi connectivity index (χ3n) is 1.77. The van der Waals surface area contributed by atoms with Crippen LogP contribution >= 0.6 is 0 Å². The van der Waals surface area contributed by atoms with Crippen LogP contribution in [-0.4, -0.2) is 13.2 Å². The van der Waals surface area contributed by atoms with E-state index in [-0.39, 0.29) is 6.10 Å². The van der Waals surface area contributed by atoms with Crippen molar-refractivity contribution in [2.75, 3.05) is 7.11 Å². The van der Waals surface area contributed by atoms with Gasteiger partial charge in [-0.25, -0.2) is 0 Å². The maximum absolute atomic E-state index is 5.07. The molecule has 1 atom stereocenters. The number of methoxy groups -OCH3 is 1. The summed E-state index contributed by atoms with van der Waals surface area (Å²) in [5, 5.41) is 0. The molecule has 68 valence electrons. The van der Waals surface area contributed by atoms with Gasteiger partial charge in [-0.15, -0.1) is 0 Å². The summed E-state index contributed by atoms with van der Waals surface area (Å²) in [6.07, 6.45) is 9.23. The zero-order valence-corrected chi connectivity index (χ0v) is 8.21. The number of hydrogen-bond donors (Lipinski definition) is 0. The molecule has 1 unspecified atom stereocenters. The first-order valence-corrected chi connectivity index (χ1v) is 4.21. The third-order valence-corrected chi connectivity index (χ3v) is 1.77. The molecular weight excluding hydrogens is 148 g/mol. The van der Waals surface area contributed by atoms with Crippen LogP contribution in [0.2, 0.25) is 0 Å². The summed E-state index contributed by atoms with van der Waals surface area (Å²) in [6, 6.07) is 0. The van der Waals surface area contributed by atoms with Gasteiger partial charge in [0.1, 0.15) is 0 Å². The number of ether oxygens (including phenoxy) is 1. The van der Waals surface area contributed by atoms with Crippen molar-refractivity contribution in [1.82, 2.24) is 0 Å². The van der Waals surface area contributed by atoms with Crippen LogP contribution in [0.4, 0.5) is 0 Å². The summed E-state index contributed by atoms with van der Waals surface area (Å²) in [5.41, 5.74) is 1.24. The van der Waals surface area contributed by atoms with Crippen molar-refractivity contribution in [2.24, 2.45) is 0 Å². The van der Waals surface area contributed by atoms with Crippen molar-refractivity contribution >= 4 is 0 Å². The van der Waals surface area contributed by atoms with Gasteiger partial charge >= 0.3 is 0 Å². The van der Waals surface area contributed by atoms with Crippen LogP contribution in [0.1, 0.15) is 20.3 Å². The highest BCUT2D eigenvalue weighted by molar-refractivity contribution is 5.18. The molecule has 0 aromatic rings. The molecule has 0 radical (unpaired) electrons. The van der Waals surface area contributed by atoms with Crippen molar-refractivity contribution in [3.8, 4) is 0 Å². The summed E-state index contributed by atoms with van der Waals surface area (Å²) < 4.78 is 5.07. The second kappa shape index (κ2) is 6.86. The Balaban J connectivity index is 3.80. The van der Waals surface area contributed by atoms with E-state index in [9.17, 15) is 0 Å². The number of rotatable bonds is 5. The van der Waals surface area contributed by atoms with Crippen molar-refractivity contribution < 1.29 is 4.74 Å². The largest absolute Gasteiger partial charge is 0.378 e. The molecule has 0 spiro atoms. The summed E-state index contributed by atoms with van der Waals surface area (Å²) in [7, 11) is 1.71. The minimum Gasteiger partial charge on any atom is -0.378 e. The Labute approximate surface area is 75.4 Å². The van der Waals surface area contributed by atoms with Gasteiger partial charge in [0.15, 0.2) is 0 Å². The van der Waals surface area contributed by atoms with Crippen LogP contribution in [0.5, 0.6) is 0 Å². The molecule has 0 aliphatic heterocycles. The van der Waals surface area contributed by atoms with E-state index < -0.39 is 0 Å². The molecule has 0 amide bonds. The van der Waals surface area contributed by atoms with Crippen molar-refractivity contribution in [1.29, 1.82) is 0 Å². The number of allylic oxidation sites excluding steroid dienone is 4. The normalized spacial score (nSPS) is 15.1. The quantitative estimate of drug-likeness (QED) is 0.450. The second-order valence-corrected chi connectivity index (χ2v) is 2.64. The van der Waals surface area contributed by atoms with Gasteiger partial charge in [-0.3, -0.25) is 0 Å². The number of hydrogen-bond acceptors (Lipinski definition) is 1. The summed E-state index contributed by atoms with van der Waals surface area (Å²) in [4.78, 5) is 0. The predicted octanol–water partition coefficient (Wildman–Crippen LogP) is 3.10. The topological polar surface area (TPSA) is 9.23 Å². The maximum Gasteiger partial charge on any atom is 0.0723 e. The first kappa shape index (κ1) is 11.2. The molecule has 12 heavy (non-hydrogen) atoms. The summed E-state index contributed by atoms with van der Waals surface area (Å²) in [5.74, 6) is 0. The van der Waals surface area contributed by atoms with Crippen LogP contribution in [0.15, 0.2) is 36.5 Å². The van der Waals surface area contributed by atoms with Crippen molar-refractivity contribution in [3.63, 3.8) is 0 Å². The Morgan fingerprint density at radius 1 is 1.58 bits per heavy atom. The van der Waals surface area contributed by atoms with Gasteiger partial charge in [-0.1, -0.05) is 30.9 Å². The molecule has 0 aromatic carbocycles. The molecule has 0 heterocycles. The molecule has 0 aromatic heterocycles. The zero-order chi connectivity index (χ0) is 9.40. The fraction of sp³-hybridized carbons (Fsp3) is 0.455. The average Bonchev–Trinajstić information content (AvgIpc) is 2.12. The molecule has 0 N–H and O–H groups in total. The van der Waals surface area contributed by atoms with Crippen LogP contribution in [0, 0.1) is 0 Å². The fourth-order valence-electron chi connectivity index (χ4n) is 0.793. The zero-order valence-electron chi connectivity index (χ0n) is 8.21. The lowest BCUT2D eigenvalue weighted by Crippen LogP contribution is -1.98. The average molecular weight is 166 g/mol. The van der Waals surface area contributed by atoms with Crippen molar-refractivity contribution in [2.45, 2.75) is 26.4 Å². The molecule has 0 saturated heterocycles.